The second kappa shape index (κ2) is 6.63. The van der Waals surface area contributed by atoms with Crippen molar-refractivity contribution in [3.05, 3.63) is 34.9 Å². The number of nitrogens with zero attached hydrogens (tertiary/aromatic N) is 2. The van der Waals surface area contributed by atoms with Crippen molar-refractivity contribution < 1.29 is 13.6 Å². The van der Waals surface area contributed by atoms with Gasteiger partial charge >= 0.3 is 0 Å². The van der Waals surface area contributed by atoms with Crippen molar-refractivity contribution in [1.82, 2.24) is 10.2 Å². The molecule has 6 heteroatoms. The largest absolute Gasteiger partial charge is 0.348 e. The Morgan fingerprint density at radius 2 is 1.87 bits per heavy atom. The summed E-state index contributed by atoms with van der Waals surface area (Å²) in [6, 6.07) is 3.94. The standard InChI is InChI=1S/C17H19F2N3O/c18-14-7-11(9-20)8-15(19)16(14)17(23)21-12-5-6-22(10-12)13-3-1-2-4-13/h7-8,12-13H,1-6,10H2,(H,21,23). The summed E-state index contributed by atoms with van der Waals surface area (Å²) in [6.07, 6.45) is 5.68. The summed E-state index contributed by atoms with van der Waals surface area (Å²) >= 11 is 0. The molecular weight excluding hydrogens is 300 g/mol. The van der Waals surface area contributed by atoms with Crippen LogP contribution in [0.3, 0.4) is 0 Å². The molecule has 1 amide bonds. The Kier molecular flexibility index (Phi) is 4.58. The molecule has 1 atom stereocenters. The van der Waals surface area contributed by atoms with E-state index in [9.17, 15) is 13.6 Å². The first-order valence-electron chi connectivity index (χ1n) is 8.02. The summed E-state index contributed by atoms with van der Waals surface area (Å²) in [5, 5.41) is 11.4. The molecule has 0 spiro atoms. The average molecular weight is 319 g/mol. The summed E-state index contributed by atoms with van der Waals surface area (Å²) in [7, 11) is 0. The number of amides is 1. The number of nitrogens with one attached hydrogen (secondary N) is 1. The Labute approximate surface area is 134 Å². The molecule has 0 bridgehead atoms. The molecule has 2 aliphatic rings. The van der Waals surface area contributed by atoms with Crippen LogP contribution in [0.15, 0.2) is 12.1 Å². The van der Waals surface area contributed by atoms with Gasteiger partial charge in [0.1, 0.15) is 17.2 Å². The minimum absolute atomic E-state index is 0.0856. The number of rotatable bonds is 3. The summed E-state index contributed by atoms with van der Waals surface area (Å²) in [6.45, 7) is 1.64. The fourth-order valence-electron chi connectivity index (χ4n) is 3.62. The molecule has 0 radical (unpaired) electrons. The molecule has 1 N–H and O–H groups in total. The molecule has 4 nitrogen and oxygen atoms in total. The summed E-state index contributed by atoms with van der Waals surface area (Å²) in [5.41, 5.74) is -0.742. The second-order valence-corrected chi connectivity index (χ2v) is 6.32. The summed E-state index contributed by atoms with van der Waals surface area (Å²) < 4.78 is 27.8. The molecule has 1 saturated carbocycles. The molecule has 1 aromatic carbocycles. The Hall–Kier alpha value is -2.00. The van der Waals surface area contributed by atoms with Gasteiger partial charge in [-0.25, -0.2) is 8.78 Å². The third kappa shape index (κ3) is 3.35. The normalized spacial score (nSPS) is 22.2. The predicted octanol–water partition coefficient (Wildman–Crippen LogP) is 2.58. The number of likely N-dealkylation sites (tertiary alicyclic amines) is 1. The van der Waals surface area contributed by atoms with E-state index in [4.69, 9.17) is 5.26 Å². The molecule has 122 valence electrons. The third-order valence-corrected chi connectivity index (χ3v) is 4.79. The molecule has 3 rings (SSSR count). The first-order chi connectivity index (χ1) is 11.1. The topological polar surface area (TPSA) is 56.1 Å². The van der Waals surface area contributed by atoms with Crippen LogP contribution in [0.5, 0.6) is 0 Å². The molecule has 1 saturated heterocycles. The van der Waals surface area contributed by atoms with Gasteiger partial charge in [-0.1, -0.05) is 12.8 Å². The Morgan fingerprint density at radius 1 is 1.22 bits per heavy atom. The highest BCUT2D eigenvalue weighted by atomic mass is 19.1. The molecule has 1 heterocycles. The van der Waals surface area contributed by atoms with Gasteiger partial charge in [-0.15, -0.1) is 0 Å². The molecule has 0 aromatic heterocycles. The van der Waals surface area contributed by atoms with Crippen molar-refractivity contribution in [2.24, 2.45) is 0 Å². The van der Waals surface area contributed by atoms with Gasteiger partial charge in [0.2, 0.25) is 0 Å². The van der Waals surface area contributed by atoms with Crippen LogP contribution in [0.2, 0.25) is 0 Å². The van der Waals surface area contributed by atoms with E-state index >= 15 is 0 Å². The van der Waals surface area contributed by atoms with Crippen LogP contribution in [0.1, 0.15) is 48.0 Å². The quantitative estimate of drug-likeness (QED) is 0.931. The zero-order chi connectivity index (χ0) is 16.4. The molecule has 23 heavy (non-hydrogen) atoms. The van der Waals surface area contributed by atoms with E-state index in [1.54, 1.807) is 6.07 Å². The first-order valence-corrected chi connectivity index (χ1v) is 8.02. The van der Waals surface area contributed by atoms with E-state index in [-0.39, 0.29) is 11.6 Å². The summed E-state index contributed by atoms with van der Waals surface area (Å²) in [4.78, 5) is 14.5. The van der Waals surface area contributed by atoms with Crippen molar-refractivity contribution in [2.75, 3.05) is 13.1 Å². The zero-order valence-electron chi connectivity index (χ0n) is 12.8. The highest BCUT2D eigenvalue weighted by Crippen LogP contribution is 2.26. The summed E-state index contributed by atoms with van der Waals surface area (Å²) in [5.74, 6) is -2.74. The number of benzene rings is 1. The maximum absolute atomic E-state index is 13.9. The van der Waals surface area contributed by atoms with Crippen LogP contribution >= 0.6 is 0 Å². The molecular formula is C17H19F2N3O. The number of nitriles is 1. The molecule has 2 fully saturated rings. The molecule has 1 aromatic rings. The van der Waals surface area contributed by atoms with Crippen LogP contribution in [0.25, 0.3) is 0 Å². The average Bonchev–Trinajstić information content (AvgIpc) is 3.17. The number of halogens is 2. The van der Waals surface area contributed by atoms with E-state index in [1.807, 2.05) is 0 Å². The molecule has 1 unspecified atom stereocenters. The van der Waals surface area contributed by atoms with Gasteiger partial charge in [0, 0.05) is 25.2 Å². The maximum atomic E-state index is 13.9. The van der Waals surface area contributed by atoms with Gasteiger partial charge in [0.25, 0.3) is 5.91 Å². The lowest BCUT2D eigenvalue weighted by Crippen LogP contribution is -2.39. The highest BCUT2D eigenvalue weighted by molar-refractivity contribution is 5.95. The van der Waals surface area contributed by atoms with Gasteiger partial charge in [0.15, 0.2) is 0 Å². The van der Waals surface area contributed by atoms with Crippen molar-refractivity contribution in [1.29, 1.82) is 5.26 Å². The highest BCUT2D eigenvalue weighted by Gasteiger charge is 2.31. The number of carbonyl (C=O) groups excluding carboxylic acids is 1. The Bertz CT molecular complexity index is 627. The zero-order valence-corrected chi connectivity index (χ0v) is 12.8. The number of hydrogen-bond acceptors (Lipinski definition) is 3. The van der Waals surface area contributed by atoms with E-state index in [0.717, 1.165) is 31.6 Å². The fraction of sp³-hybridized carbons (Fsp3) is 0.529. The van der Waals surface area contributed by atoms with Crippen LogP contribution in [0, 0.1) is 23.0 Å². The lowest BCUT2D eigenvalue weighted by Gasteiger charge is -2.23. The van der Waals surface area contributed by atoms with Gasteiger partial charge in [-0.3, -0.25) is 9.69 Å². The number of carbonyl (C=O) groups is 1. The SMILES string of the molecule is N#Cc1cc(F)c(C(=O)NC2CCN(C3CCCC3)C2)c(F)c1. The van der Waals surface area contributed by atoms with Crippen LogP contribution in [-0.2, 0) is 0 Å². The van der Waals surface area contributed by atoms with Crippen molar-refractivity contribution in [3.63, 3.8) is 0 Å². The predicted molar refractivity (Wildman–Crippen MR) is 80.8 cm³/mol. The monoisotopic (exact) mass is 319 g/mol. The number of hydrogen-bond donors (Lipinski definition) is 1. The fourth-order valence-corrected chi connectivity index (χ4v) is 3.62. The first kappa shape index (κ1) is 15.9. The maximum Gasteiger partial charge on any atom is 0.257 e. The van der Waals surface area contributed by atoms with Crippen LogP contribution in [-0.4, -0.2) is 36.0 Å². The lowest BCUT2D eigenvalue weighted by atomic mass is 10.1. The van der Waals surface area contributed by atoms with Crippen molar-refractivity contribution in [3.8, 4) is 6.07 Å². The molecule has 1 aliphatic heterocycles. The Morgan fingerprint density at radius 3 is 2.48 bits per heavy atom. The third-order valence-electron chi connectivity index (χ3n) is 4.79. The van der Waals surface area contributed by atoms with E-state index in [2.05, 4.69) is 10.2 Å². The van der Waals surface area contributed by atoms with Crippen LogP contribution < -0.4 is 5.32 Å². The minimum atomic E-state index is -0.996. The van der Waals surface area contributed by atoms with Crippen LogP contribution in [0.4, 0.5) is 8.78 Å². The van der Waals surface area contributed by atoms with E-state index < -0.39 is 23.1 Å². The lowest BCUT2D eigenvalue weighted by molar-refractivity contribution is 0.0927. The van der Waals surface area contributed by atoms with Gasteiger partial charge in [-0.2, -0.15) is 5.26 Å². The molecule has 1 aliphatic carbocycles. The van der Waals surface area contributed by atoms with Gasteiger partial charge in [0.05, 0.1) is 11.6 Å². The Balaban J connectivity index is 1.65. The van der Waals surface area contributed by atoms with Crippen molar-refractivity contribution >= 4 is 5.91 Å². The second-order valence-electron chi connectivity index (χ2n) is 6.32. The minimum Gasteiger partial charge on any atom is -0.348 e. The van der Waals surface area contributed by atoms with E-state index in [1.165, 1.54) is 25.7 Å². The smallest absolute Gasteiger partial charge is 0.257 e. The van der Waals surface area contributed by atoms with E-state index in [0.29, 0.717) is 6.04 Å². The van der Waals surface area contributed by atoms with Gasteiger partial charge < -0.3 is 5.32 Å². The van der Waals surface area contributed by atoms with Crippen molar-refractivity contribution in [2.45, 2.75) is 44.2 Å². The van der Waals surface area contributed by atoms with Gasteiger partial charge in [-0.05, 0) is 31.4 Å².